The number of fused-ring (bicyclic) bond motifs is 5. The van der Waals surface area contributed by atoms with Gasteiger partial charge in [0.2, 0.25) is 11.8 Å². The largest absolute Gasteiger partial charge is 0.419 e. The van der Waals surface area contributed by atoms with Crippen LogP contribution in [-0.2, 0) is 6.54 Å². The van der Waals surface area contributed by atoms with Crippen molar-refractivity contribution in [1.29, 1.82) is 0 Å². The van der Waals surface area contributed by atoms with Crippen molar-refractivity contribution in [2.24, 2.45) is 0 Å². The molecule has 2 aliphatic heterocycles. The molecule has 198 valence electrons. The molecule has 0 spiro atoms. The zero-order chi connectivity index (χ0) is 26.7. The van der Waals surface area contributed by atoms with Crippen molar-refractivity contribution in [2.75, 3.05) is 31.5 Å². The Hall–Kier alpha value is -3.62. The first-order valence-corrected chi connectivity index (χ1v) is 12.7. The molecule has 2 aliphatic rings. The molecule has 3 aromatic heterocycles. The molecule has 1 atom stereocenters. The number of β-amino-alcohol motifs (C(OH)–C–C–N with tert-alkyl or cyclic N) is 1. The Morgan fingerprint density at radius 2 is 2.00 bits per heavy atom. The third-order valence-electron chi connectivity index (χ3n) is 6.66. The number of aromatic nitrogens is 4. The average molecular weight is 546 g/mol. The lowest BCUT2D eigenvalue weighted by Crippen LogP contribution is -2.47. The summed E-state index contributed by atoms with van der Waals surface area (Å²) in [4.78, 5) is 32.2. The lowest BCUT2D eigenvalue weighted by Gasteiger charge is -2.26. The first-order valence-electron chi connectivity index (χ1n) is 11.9. The van der Waals surface area contributed by atoms with Crippen LogP contribution >= 0.6 is 11.3 Å². The van der Waals surface area contributed by atoms with E-state index in [0.29, 0.717) is 40.4 Å². The number of carbonyl (C=O) groups is 1. The van der Waals surface area contributed by atoms with Crippen LogP contribution in [0, 0.1) is 6.92 Å². The summed E-state index contributed by atoms with van der Waals surface area (Å²) in [5, 5.41) is 17.0. The molecule has 6 rings (SSSR count). The van der Waals surface area contributed by atoms with Crippen molar-refractivity contribution >= 4 is 44.1 Å². The molecule has 14 heteroatoms. The maximum Gasteiger partial charge on any atom is 0.418 e. The number of aryl methyl sites for hydroxylation is 1. The van der Waals surface area contributed by atoms with Crippen molar-refractivity contribution < 1.29 is 27.8 Å². The zero-order valence-corrected chi connectivity index (χ0v) is 20.9. The minimum Gasteiger partial charge on any atom is -0.419 e. The molecule has 1 saturated heterocycles. The Morgan fingerprint density at radius 3 is 2.79 bits per heavy atom. The van der Waals surface area contributed by atoms with Gasteiger partial charge >= 0.3 is 6.18 Å². The molecule has 1 unspecified atom stereocenters. The van der Waals surface area contributed by atoms with E-state index in [1.165, 1.54) is 28.6 Å². The predicted molar refractivity (Wildman–Crippen MR) is 133 cm³/mol. The van der Waals surface area contributed by atoms with Crippen molar-refractivity contribution in [3.8, 4) is 11.8 Å². The predicted octanol–water partition coefficient (Wildman–Crippen LogP) is 3.39. The summed E-state index contributed by atoms with van der Waals surface area (Å²) in [6.07, 6.45) is -2.18. The fourth-order valence-electron chi connectivity index (χ4n) is 4.72. The molecule has 5 heterocycles. The Morgan fingerprint density at radius 1 is 1.18 bits per heavy atom. The number of hydrogen-bond acceptors (Lipinski definition) is 10. The number of nitrogens with one attached hydrogen (secondary N) is 2. The van der Waals surface area contributed by atoms with E-state index in [0.717, 1.165) is 15.8 Å². The van der Waals surface area contributed by atoms with Crippen LogP contribution < -0.4 is 15.4 Å². The van der Waals surface area contributed by atoms with Gasteiger partial charge in [-0.2, -0.15) is 18.2 Å². The Kier molecular flexibility index (Phi) is 5.85. The highest BCUT2D eigenvalue weighted by molar-refractivity contribution is 7.21. The molecule has 0 aliphatic carbocycles. The highest BCUT2D eigenvalue weighted by atomic mass is 32.1. The van der Waals surface area contributed by atoms with Gasteiger partial charge in [0.15, 0.2) is 5.60 Å². The van der Waals surface area contributed by atoms with Crippen LogP contribution in [0.4, 0.5) is 18.9 Å². The number of ether oxygens (including phenoxy) is 1. The monoisotopic (exact) mass is 545 g/mol. The number of likely N-dealkylation sites (tertiary alicyclic amines) is 1. The van der Waals surface area contributed by atoms with E-state index < -0.39 is 24.7 Å². The topological polar surface area (TPSA) is 125 Å². The standard InChI is InChI=1S/C24H22F3N7O3S/c1-12-30-8-13(10-34-7-4-23(36,11-34)24(25,26)27)22(32-12)37-16-9-31-18-14(33-16)2-3-15-17(18)19-20(38-15)21(35)29-6-5-28-19/h2-3,8-9,28,36H,4-7,10-11H2,1H3,(H,29,35). The Balaban J connectivity index is 1.30. The fraction of sp³-hybridized carbons (Fsp3) is 0.375. The minimum absolute atomic E-state index is 0.0599. The van der Waals surface area contributed by atoms with Gasteiger partial charge in [0.1, 0.15) is 10.7 Å². The first kappa shape index (κ1) is 24.7. The summed E-state index contributed by atoms with van der Waals surface area (Å²) < 4.78 is 46.6. The molecular formula is C24H22F3N7O3S. The molecule has 0 radical (unpaired) electrons. The molecule has 1 amide bonds. The van der Waals surface area contributed by atoms with E-state index in [-0.39, 0.29) is 30.8 Å². The number of thiophene rings is 1. The van der Waals surface area contributed by atoms with Gasteiger partial charge in [0.05, 0.1) is 22.9 Å². The second-order valence-corrected chi connectivity index (χ2v) is 10.4. The molecule has 38 heavy (non-hydrogen) atoms. The van der Waals surface area contributed by atoms with Crippen molar-refractivity contribution in [1.82, 2.24) is 30.2 Å². The molecule has 4 aromatic rings. The number of carbonyl (C=O) groups excluding carboxylic acids is 1. The van der Waals surface area contributed by atoms with E-state index in [9.17, 15) is 23.1 Å². The third kappa shape index (κ3) is 4.27. The third-order valence-corrected chi connectivity index (χ3v) is 7.81. The van der Waals surface area contributed by atoms with Crippen molar-refractivity contribution in [3.05, 3.63) is 40.8 Å². The number of aliphatic hydroxyl groups is 1. The minimum atomic E-state index is -4.71. The molecule has 0 saturated carbocycles. The second-order valence-electron chi connectivity index (χ2n) is 9.34. The number of amides is 1. The van der Waals surface area contributed by atoms with Crippen molar-refractivity contribution in [2.45, 2.75) is 31.7 Å². The number of anilines is 1. The van der Waals surface area contributed by atoms with Crippen LogP contribution in [-0.4, -0.2) is 73.8 Å². The molecule has 0 bridgehead atoms. The van der Waals surface area contributed by atoms with Crippen LogP contribution in [0.25, 0.3) is 21.1 Å². The highest BCUT2D eigenvalue weighted by Gasteiger charge is 2.56. The van der Waals surface area contributed by atoms with Crippen LogP contribution in [0.15, 0.2) is 24.5 Å². The van der Waals surface area contributed by atoms with Gasteiger partial charge in [0, 0.05) is 54.6 Å². The van der Waals surface area contributed by atoms with E-state index in [1.54, 1.807) is 13.0 Å². The summed E-state index contributed by atoms with van der Waals surface area (Å²) in [5.41, 5.74) is -0.407. The van der Waals surface area contributed by atoms with Crippen LogP contribution in [0.5, 0.6) is 11.8 Å². The maximum atomic E-state index is 13.2. The summed E-state index contributed by atoms with van der Waals surface area (Å²) in [6, 6.07) is 3.67. The SMILES string of the molecule is Cc1ncc(CN2CCC(O)(C(F)(F)F)C2)c(Oc2cnc3c(ccc4sc5c(c43)NCCNC5=O)n2)n1. The normalized spacial score (nSPS) is 20.3. The molecule has 1 aromatic carbocycles. The highest BCUT2D eigenvalue weighted by Crippen LogP contribution is 2.41. The van der Waals surface area contributed by atoms with Gasteiger partial charge < -0.3 is 20.5 Å². The summed E-state index contributed by atoms with van der Waals surface area (Å²) in [7, 11) is 0. The number of benzene rings is 1. The van der Waals surface area contributed by atoms with Gasteiger partial charge in [-0.1, -0.05) is 0 Å². The average Bonchev–Trinajstić information content (AvgIpc) is 3.39. The number of alkyl halides is 3. The number of nitrogens with zero attached hydrogens (tertiary/aromatic N) is 5. The number of rotatable bonds is 4. The van der Waals surface area contributed by atoms with E-state index >= 15 is 0 Å². The van der Waals surface area contributed by atoms with Gasteiger partial charge in [-0.15, -0.1) is 11.3 Å². The van der Waals surface area contributed by atoms with E-state index in [4.69, 9.17) is 4.74 Å². The van der Waals surface area contributed by atoms with Crippen LogP contribution in [0.2, 0.25) is 0 Å². The van der Waals surface area contributed by atoms with Gasteiger partial charge in [-0.25, -0.2) is 15.0 Å². The molecule has 10 nitrogen and oxygen atoms in total. The smallest absolute Gasteiger partial charge is 0.418 e. The van der Waals surface area contributed by atoms with Gasteiger partial charge in [-0.05, 0) is 25.5 Å². The lowest BCUT2D eigenvalue weighted by atomic mass is 10.0. The maximum absolute atomic E-state index is 13.2. The van der Waals surface area contributed by atoms with E-state index in [1.807, 2.05) is 6.07 Å². The number of halogens is 3. The van der Waals surface area contributed by atoms with Gasteiger partial charge in [0.25, 0.3) is 5.91 Å². The quantitative estimate of drug-likeness (QED) is 0.354. The Bertz CT molecular complexity index is 1580. The zero-order valence-electron chi connectivity index (χ0n) is 20.1. The summed E-state index contributed by atoms with van der Waals surface area (Å²) in [5.74, 6) is 0.581. The van der Waals surface area contributed by atoms with Crippen molar-refractivity contribution in [3.63, 3.8) is 0 Å². The van der Waals surface area contributed by atoms with Crippen LogP contribution in [0.3, 0.4) is 0 Å². The summed E-state index contributed by atoms with van der Waals surface area (Å²) >= 11 is 1.38. The second kappa shape index (κ2) is 8.99. The molecule has 1 fully saturated rings. The lowest BCUT2D eigenvalue weighted by molar-refractivity contribution is -0.254. The molecular weight excluding hydrogens is 523 g/mol. The number of hydrogen-bond donors (Lipinski definition) is 3. The Labute approximate surface area is 217 Å². The first-order chi connectivity index (χ1) is 18.1. The van der Waals surface area contributed by atoms with Gasteiger partial charge in [-0.3, -0.25) is 9.69 Å². The summed E-state index contributed by atoms with van der Waals surface area (Å²) in [6.45, 7) is 2.35. The fourth-order valence-corrected chi connectivity index (χ4v) is 5.82. The van der Waals surface area contributed by atoms with E-state index in [2.05, 4.69) is 30.6 Å². The molecule has 3 N–H and O–H groups in total. The van der Waals surface area contributed by atoms with Crippen LogP contribution in [0.1, 0.15) is 27.5 Å².